The zero-order valence-electron chi connectivity index (χ0n) is 11.0. The third kappa shape index (κ3) is 5.18. The molecule has 1 aromatic rings. The van der Waals surface area contributed by atoms with Crippen molar-refractivity contribution in [2.24, 2.45) is 0 Å². The molecular weight excluding hydrogens is 270 g/mol. The summed E-state index contributed by atoms with van der Waals surface area (Å²) < 4.78 is 5.04. The van der Waals surface area contributed by atoms with Crippen LogP contribution in [0.5, 0.6) is 0 Å². The van der Waals surface area contributed by atoms with Gasteiger partial charge in [0, 0.05) is 17.1 Å². The van der Waals surface area contributed by atoms with E-state index in [0.717, 1.165) is 0 Å². The van der Waals surface area contributed by atoms with Crippen molar-refractivity contribution in [2.45, 2.75) is 32.9 Å². The first-order chi connectivity index (χ1) is 8.69. The van der Waals surface area contributed by atoms with Crippen LogP contribution in [0.4, 0.5) is 4.79 Å². The van der Waals surface area contributed by atoms with Crippen molar-refractivity contribution >= 4 is 23.7 Å². The molecule has 0 bridgehead atoms. The molecule has 5 nitrogen and oxygen atoms in total. The van der Waals surface area contributed by atoms with Crippen LogP contribution < -0.4 is 10.4 Å². The van der Waals surface area contributed by atoms with E-state index < -0.39 is 17.7 Å². The number of ether oxygens (including phenoxy) is 1. The Morgan fingerprint density at radius 3 is 2.53 bits per heavy atom. The van der Waals surface area contributed by atoms with Crippen molar-refractivity contribution in [1.29, 1.82) is 0 Å². The quantitative estimate of drug-likeness (QED) is 0.917. The summed E-state index contributed by atoms with van der Waals surface area (Å²) in [6, 6.07) is 4.25. The van der Waals surface area contributed by atoms with Gasteiger partial charge in [-0.2, -0.15) is 0 Å². The fourth-order valence-electron chi connectivity index (χ4n) is 1.39. The predicted octanol–water partition coefficient (Wildman–Crippen LogP) is 1.73. The normalized spacial score (nSPS) is 10.9. The molecule has 19 heavy (non-hydrogen) atoms. The van der Waals surface area contributed by atoms with Gasteiger partial charge in [0.2, 0.25) is 0 Å². The number of carbonyl (C=O) groups excluding carboxylic acids is 2. The maximum Gasteiger partial charge on any atom is 0.407 e. The topological polar surface area (TPSA) is 78.5 Å². The van der Waals surface area contributed by atoms with Gasteiger partial charge in [-0.1, -0.05) is 17.7 Å². The van der Waals surface area contributed by atoms with Crippen molar-refractivity contribution in [3.8, 4) is 0 Å². The van der Waals surface area contributed by atoms with E-state index in [1.165, 1.54) is 18.2 Å². The molecule has 1 amide bonds. The fourth-order valence-corrected chi connectivity index (χ4v) is 1.58. The number of carbonyl (C=O) groups is 2. The van der Waals surface area contributed by atoms with E-state index in [9.17, 15) is 14.7 Å². The number of benzene rings is 1. The fraction of sp³-hybridized carbons (Fsp3) is 0.385. The highest BCUT2D eigenvalue weighted by Gasteiger charge is 2.16. The van der Waals surface area contributed by atoms with Crippen molar-refractivity contribution in [3.63, 3.8) is 0 Å². The minimum absolute atomic E-state index is 0.00120. The maximum absolute atomic E-state index is 11.5. The summed E-state index contributed by atoms with van der Waals surface area (Å²) in [5.74, 6) is -1.32. The SMILES string of the molecule is CC(C)(C)OC(=O)NCc1cc(Cl)ccc1C(=O)[O-]. The Morgan fingerprint density at radius 1 is 1.37 bits per heavy atom. The Hall–Kier alpha value is -1.75. The minimum atomic E-state index is -1.32. The molecule has 1 N–H and O–H groups in total. The van der Waals surface area contributed by atoms with Crippen LogP contribution >= 0.6 is 11.6 Å². The molecule has 0 fully saturated rings. The van der Waals surface area contributed by atoms with E-state index >= 15 is 0 Å². The Balaban J connectivity index is 2.75. The van der Waals surface area contributed by atoms with Gasteiger partial charge in [0.05, 0.1) is 5.97 Å². The first-order valence-corrected chi connectivity index (χ1v) is 6.03. The highest BCUT2D eigenvalue weighted by molar-refractivity contribution is 6.30. The lowest BCUT2D eigenvalue weighted by Gasteiger charge is -2.20. The Bertz CT molecular complexity index is 494. The molecule has 0 saturated heterocycles. The van der Waals surface area contributed by atoms with Gasteiger partial charge in [-0.3, -0.25) is 0 Å². The average Bonchev–Trinajstić information content (AvgIpc) is 2.23. The molecule has 1 rings (SSSR count). The summed E-state index contributed by atoms with van der Waals surface area (Å²) in [6.07, 6.45) is -0.628. The molecule has 6 heteroatoms. The lowest BCUT2D eigenvalue weighted by molar-refractivity contribution is -0.255. The van der Waals surface area contributed by atoms with Gasteiger partial charge in [-0.05, 0) is 38.5 Å². The molecule has 0 aliphatic rings. The number of hydrogen-bond acceptors (Lipinski definition) is 4. The zero-order chi connectivity index (χ0) is 14.6. The van der Waals surface area contributed by atoms with E-state index in [0.29, 0.717) is 10.6 Å². The van der Waals surface area contributed by atoms with Crippen molar-refractivity contribution in [2.75, 3.05) is 0 Å². The van der Waals surface area contributed by atoms with Gasteiger partial charge in [0.1, 0.15) is 5.60 Å². The Labute approximate surface area is 116 Å². The third-order valence-electron chi connectivity index (χ3n) is 2.11. The molecular formula is C13H15ClNO4-. The lowest BCUT2D eigenvalue weighted by atomic mass is 10.1. The minimum Gasteiger partial charge on any atom is -0.545 e. The molecule has 1 aromatic carbocycles. The molecule has 0 spiro atoms. The number of carboxylic acid groups (broad SMARTS) is 1. The van der Waals surface area contributed by atoms with E-state index in [1.807, 2.05) is 0 Å². The van der Waals surface area contributed by atoms with E-state index in [1.54, 1.807) is 20.8 Å². The summed E-state index contributed by atoms with van der Waals surface area (Å²) in [5.41, 5.74) is -0.269. The van der Waals surface area contributed by atoms with Gasteiger partial charge >= 0.3 is 6.09 Å². The van der Waals surface area contributed by atoms with E-state index in [4.69, 9.17) is 16.3 Å². The molecule has 0 atom stereocenters. The predicted molar refractivity (Wildman–Crippen MR) is 68.9 cm³/mol. The van der Waals surface area contributed by atoms with Crippen molar-refractivity contribution < 1.29 is 19.4 Å². The van der Waals surface area contributed by atoms with Gasteiger partial charge < -0.3 is 20.0 Å². The second kappa shape index (κ2) is 5.93. The molecule has 0 heterocycles. The summed E-state index contributed by atoms with van der Waals surface area (Å²) in [7, 11) is 0. The number of hydrogen-bond donors (Lipinski definition) is 1. The van der Waals surface area contributed by atoms with Crippen LogP contribution in [0.3, 0.4) is 0 Å². The first-order valence-electron chi connectivity index (χ1n) is 5.65. The summed E-state index contributed by atoms with van der Waals surface area (Å²) in [5, 5.41) is 13.8. The second-order valence-electron chi connectivity index (χ2n) is 4.94. The molecule has 0 aliphatic heterocycles. The highest BCUT2D eigenvalue weighted by atomic mass is 35.5. The van der Waals surface area contributed by atoms with Crippen LogP contribution in [-0.2, 0) is 11.3 Å². The molecule has 0 aromatic heterocycles. The molecule has 104 valence electrons. The van der Waals surface area contributed by atoms with Crippen LogP contribution in [0.2, 0.25) is 5.02 Å². The summed E-state index contributed by atoms with van der Waals surface area (Å²) in [4.78, 5) is 22.4. The van der Waals surface area contributed by atoms with Gasteiger partial charge in [-0.15, -0.1) is 0 Å². The highest BCUT2D eigenvalue weighted by Crippen LogP contribution is 2.16. The van der Waals surface area contributed by atoms with Gasteiger partial charge in [0.25, 0.3) is 0 Å². The van der Waals surface area contributed by atoms with Crippen molar-refractivity contribution in [1.82, 2.24) is 5.32 Å². The molecule has 0 aliphatic carbocycles. The van der Waals surface area contributed by atoms with Crippen LogP contribution in [0.1, 0.15) is 36.7 Å². The smallest absolute Gasteiger partial charge is 0.407 e. The molecule has 0 saturated carbocycles. The Kier molecular flexibility index (Phi) is 4.78. The lowest BCUT2D eigenvalue weighted by Crippen LogP contribution is -2.33. The number of amides is 1. The first kappa shape index (κ1) is 15.3. The Morgan fingerprint density at radius 2 is 2.00 bits per heavy atom. The number of halogens is 1. The largest absolute Gasteiger partial charge is 0.545 e. The van der Waals surface area contributed by atoms with Gasteiger partial charge in [-0.25, -0.2) is 4.79 Å². The monoisotopic (exact) mass is 284 g/mol. The molecule has 0 unspecified atom stereocenters. The van der Waals surface area contributed by atoms with Crippen LogP contribution in [0, 0.1) is 0 Å². The van der Waals surface area contributed by atoms with Crippen LogP contribution in [-0.4, -0.2) is 17.7 Å². The van der Waals surface area contributed by atoms with Crippen LogP contribution in [0.25, 0.3) is 0 Å². The maximum atomic E-state index is 11.5. The van der Waals surface area contributed by atoms with E-state index in [2.05, 4.69) is 5.32 Å². The van der Waals surface area contributed by atoms with Crippen LogP contribution in [0.15, 0.2) is 18.2 Å². The number of nitrogens with one attached hydrogen (secondary N) is 1. The standard InChI is InChI=1S/C13H16ClNO4/c1-13(2,3)19-12(18)15-7-8-6-9(14)4-5-10(8)11(16)17/h4-6H,7H2,1-3H3,(H,15,18)(H,16,17)/p-1. The number of aromatic carboxylic acids is 1. The number of carboxylic acids is 1. The van der Waals surface area contributed by atoms with Gasteiger partial charge in [0.15, 0.2) is 0 Å². The zero-order valence-corrected chi connectivity index (χ0v) is 11.7. The van der Waals surface area contributed by atoms with E-state index in [-0.39, 0.29) is 12.1 Å². The third-order valence-corrected chi connectivity index (χ3v) is 2.34. The number of rotatable bonds is 3. The van der Waals surface area contributed by atoms with Crippen molar-refractivity contribution in [3.05, 3.63) is 34.3 Å². The second-order valence-corrected chi connectivity index (χ2v) is 5.38. The summed E-state index contributed by atoms with van der Waals surface area (Å²) in [6.45, 7) is 5.20. The number of alkyl carbamates (subject to hydrolysis) is 1. The summed E-state index contributed by atoms with van der Waals surface area (Å²) >= 11 is 5.79. The molecule has 0 radical (unpaired) electrons. The average molecular weight is 285 g/mol.